The molecule has 0 spiro atoms. The van der Waals surface area contributed by atoms with E-state index in [0.29, 0.717) is 11.6 Å². The minimum Gasteiger partial charge on any atom is -0.283 e. The lowest BCUT2D eigenvalue weighted by molar-refractivity contribution is 0.579. The third kappa shape index (κ3) is 1.48. The van der Waals surface area contributed by atoms with E-state index in [-0.39, 0.29) is 0 Å². The zero-order chi connectivity index (χ0) is 6.69. The quantitative estimate of drug-likeness (QED) is 0.476. The van der Waals surface area contributed by atoms with E-state index in [9.17, 15) is 0 Å². The highest BCUT2D eigenvalue weighted by molar-refractivity contribution is 6.31. The molecule has 0 amide bonds. The fraction of sp³-hybridized carbons (Fsp3) is 0.167. The third-order valence-corrected chi connectivity index (χ3v) is 1.31. The van der Waals surface area contributed by atoms with Gasteiger partial charge >= 0.3 is 0 Å². The van der Waals surface area contributed by atoms with E-state index >= 15 is 0 Å². The normalized spacial score (nSPS) is 16.9. The van der Waals surface area contributed by atoms with Crippen molar-refractivity contribution in [3.8, 4) is 6.19 Å². The standard InChI is InChI=1S/C6H5ClN2/c7-6-1-3-9(5-8)4-2-6/h1-3H,4H2. The highest BCUT2D eigenvalue weighted by Crippen LogP contribution is 2.08. The van der Waals surface area contributed by atoms with Crippen LogP contribution < -0.4 is 0 Å². The Bertz CT molecular complexity index is 200. The molecule has 1 heterocycles. The van der Waals surface area contributed by atoms with Gasteiger partial charge in [0.25, 0.3) is 0 Å². The lowest BCUT2D eigenvalue weighted by Gasteiger charge is -2.09. The number of allylic oxidation sites excluding steroid dienone is 2. The molecule has 0 aromatic heterocycles. The largest absolute Gasteiger partial charge is 0.283 e. The Labute approximate surface area is 58.6 Å². The second-order valence-electron chi connectivity index (χ2n) is 1.66. The van der Waals surface area contributed by atoms with E-state index < -0.39 is 0 Å². The minimum atomic E-state index is 0.589. The molecule has 0 atom stereocenters. The Morgan fingerprint density at radius 2 is 2.56 bits per heavy atom. The van der Waals surface area contributed by atoms with Crippen molar-refractivity contribution in [2.75, 3.05) is 6.54 Å². The molecule has 0 aliphatic carbocycles. The van der Waals surface area contributed by atoms with E-state index in [2.05, 4.69) is 0 Å². The van der Waals surface area contributed by atoms with Crippen LogP contribution in [0.1, 0.15) is 0 Å². The Morgan fingerprint density at radius 1 is 1.78 bits per heavy atom. The molecule has 1 aliphatic rings. The van der Waals surface area contributed by atoms with Gasteiger partial charge in [-0.1, -0.05) is 11.6 Å². The van der Waals surface area contributed by atoms with Crippen LogP contribution in [0.25, 0.3) is 0 Å². The van der Waals surface area contributed by atoms with Gasteiger partial charge in [-0.2, -0.15) is 5.26 Å². The lowest BCUT2D eigenvalue weighted by Crippen LogP contribution is -2.11. The molecule has 0 N–H and O–H groups in total. The second-order valence-corrected chi connectivity index (χ2v) is 2.09. The van der Waals surface area contributed by atoms with Crippen LogP contribution in [0.15, 0.2) is 23.4 Å². The fourth-order valence-corrected chi connectivity index (χ4v) is 0.675. The lowest BCUT2D eigenvalue weighted by atomic mass is 10.4. The van der Waals surface area contributed by atoms with Gasteiger partial charge in [0.05, 0.1) is 6.54 Å². The average molecular weight is 141 g/mol. The Hall–Kier alpha value is -0.940. The van der Waals surface area contributed by atoms with Crippen LogP contribution in [0.5, 0.6) is 0 Å². The van der Waals surface area contributed by atoms with Crippen LogP contribution >= 0.6 is 11.6 Å². The third-order valence-electron chi connectivity index (χ3n) is 1.03. The van der Waals surface area contributed by atoms with Crippen molar-refractivity contribution in [1.82, 2.24) is 4.90 Å². The SMILES string of the molecule is N#CN1C=CC(Cl)=CC1. The van der Waals surface area contributed by atoms with Crippen molar-refractivity contribution < 1.29 is 0 Å². The van der Waals surface area contributed by atoms with Gasteiger partial charge in [0.1, 0.15) is 0 Å². The summed E-state index contributed by atoms with van der Waals surface area (Å²) < 4.78 is 0. The highest BCUT2D eigenvalue weighted by atomic mass is 35.5. The molecule has 46 valence electrons. The molecule has 0 saturated heterocycles. The second kappa shape index (κ2) is 2.56. The maximum Gasteiger partial charge on any atom is 0.184 e. The molecular formula is C6H5ClN2. The van der Waals surface area contributed by atoms with Gasteiger partial charge in [0.15, 0.2) is 6.19 Å². The minimum absolute atomic E-state index is 0.589. The molecule has 1 rings (SSSR count). The molecular weight excluding hydrogens is 136 g/mol. The molecule has 0 saturated carbocycles. The zero-order valence-electron chi connectivity index (χ0n) is 4.71. The Morgan fingerprint density at radius 3 is 3.00 bits per heavy atom. The van der Waals surface area contributed by atoms with E-state index in [4.69, 9.17) is 16.9 Å². The van der Waals surface area contributed by atoms with Crippen molar-refractivity contribution in [1.29, 1.82) is 5.26 Å². The predicted molar refractivity (Wildman–Crippen MR) is 35.4 cm³/mol. The first-order chi connectivity index (χ1) is 4.33. The summed E-state index contributed by atoms with van der Waals surface area (Å²) in [6.07, 6.45) is 7.09. The zero-order valence-corrected chi connectivity index (χ0v) is 5.47. The number of nitrogens with zero attached hydrogens (tertiary/aromatic N) is 2. The average Bonchev–Trinajstić information content (AvgIpc) is 1.90. The summed E-state index contributed by atoms with van der Waals surface area (Å²) in [7, 11) is 0. The molecule has 1 aliphatic heterocycles. The molecule has 0 bridgehead atoms. The van der Waals surface area contributed by atoms with Crippen molar-refractivity contribution in [2.24, 2.45) is 0 Å². The van der Waals surface area contributed by atoms with E-state index in [0.717, 1.165) is 0 Å². The number of nitriles is 1. The van der Waals surface area contributed by atoms with E-state index in [1.54, 1.807) is 18.4 Å². The van der Waals surface area contributed by atoms with Crippen LogP contribution in [0.4, 0.5) is 0 Å². The molecule has 0 aromatic rings. The monoisotopic (exact) mass is 140 g/mol. The van der Waals surface area contributed by atoms with Gasteiger partial charge in [-0.05, 0) is 12.2 Å². The van der Waals surface area contributed by atoms with Crippen LogP contribution in [0, 0.1) is 11.5 Å². The van der Waals surface area contributed by atoms with Crippen molar-refractivity contribution in [3.63, 3.8) is 0 Å². The number of rotatable bonds is 0. The number of hydrogen-bond acceptors (Lipinski definition) is 2. The molecule has 0 aromatic carbocycles. The molecule has 2 nitrogen and oxygen atoms in total. The topological polar surface area (TPSA) is 27.0 Å². The summed E-state index contributed by atoms with van der Waals surface area (Å²) in [5.74, 6) is 0. The van der Waals surface area contributed by atoms with Gasteiger partial charge in [-0.3, -0.25) is 4.90 Å². The van der Waals surface area contributed by atoms with Crippen molar-refractivity contribution >= 4 is 11.6 Å². The number of hydrogen-bond donors (Lipinski definition) is 0. The van der Waals surface area contributed by atoms with E-state index in [1.165, 1.54) is 4.90 Å². The maximum absolute atomic E-state index is 8.33. The fourth-order valence-electron chi connectivity index (χ4n) is 0.550. The Kier molecular flexibility index (Phi) is 1.76. The first-order valence-corrected chi connectivity index (χ1v) is 2.91. The summed E-state index contributed by atoms with van der Waals surface area (Å²) >= 11 is 5.58. The molecule has 3 heteroatoms. The summed E-state index contributed by atoms with van der Waals surface area (Å²) in [4.78, 5) is 1.49. The van der Waals surface area contributed by atoms with Gasteiger partial charge in [0.2, 0.25) is 0 Å². The molecule has 9 heavy (non-hydrogen) atoms. The summed E-state index contributed by atoms with van der Waals surface area (Å²) in [5.41, 5.74) is 0. The first-order valence-electron chi connectivity index (χ1n) is 2.53. The van der Waals surface area contributed by atoms with Gasteiger partial charge < -0.3 is 0 Å². The van der Waals surface area contributed by atoms with Crippen molar-refractivity contribution in [2.45, 2.75) is 0 Å². The van der Waals surface area contributed by atoms with Crippen LogP contribution in [0.3, 0.4) is 0 Å². The Balaban J connectivity index is 2.61. The highest BCUT2D eigenvalue weighted by Gasteiger charge is 1.98. The molecule has 0 unspecified atom stereocenters. The maximum atomic E-state index is 8.33. The number of halogens is 1. The summed E-state index contributed by atoms with van der Waals surface area (Å²) in [5, 5.41) is 9.03. The smallest absolute Gasteiger partial charge is 0.184 e. The van der Waals surface area contributed by atoms with Crippen molar-refractivity contribution in [3.05, 3.63) is 23.4 Å². The van der Waals surface area contributed by atoms with Crippen LogP contribution in [-0.4, -0.2) is 11.4 Å². The predicted octanol–water partition coefficient (Wildman–Crippen LogP) is 1.42. The van der Waals surface area contributed by atoms with Crippen LogP contribution in [-0.2, 0) is 0 Å². The van der Waals surface area contributed by atoms with E-state index in [1.807, 2.05) is 6.19 Å². The van der Waals surface area contributed by atoms with Crippen LogP contribution in [0.2, 0.25) is 0 Å². The van der Waals surface area contributed by atoms with Gasteiger partial charge in [-0.25, -0.2) is 0 Å². The summed E-state index contributed by atoms with van der Waals surface area (Å²) in [6, 6.07) is 0. The van der Waals surface area contributed by atoms with Gasteiger partial charge in [-0.15, -0.1) is 0 Å². The summed E-state index contributed by atoms with van der Waals surface area (Å²) in [6.45, 7) is 0.589. The van der Waals surface area contributed by atoms with Gasteiger partial charge in [0, 0.05) is 11.2 Å². The molecule has 0 fully saturated rings. The molecule has 0 radical (unpaired) electrons. The first kappa shape index (κ1) is 6.18.